The number of hydrogen-bond acceptors (Lipinski definition) is 1. The molecule has 0 heterocycles. The Bertz CT molecular complexity index is 2270. The fourth-order valence-electron chi connectivity index (χ4n) is 11.6. The topological polar surface area (TPSA) is 23.8 Å². The van der Waals surface area contributed by atoms with Crippen LogP contribution < -0.4 is 0 Å². The van der Waals surface area contributed by atoms with Gasteiger partial charge in [-0.1, -0.05) is 217 Å². The van der Waals surface area contributed by atoms with Crippen LogP contribution >= 0.6 is 0 Å². The van der Waals surface area contributed by atoms with Crippen molar-refractivity contribution < 1.29 is 0 Å². The molecule has 0 bridgehead atoms. The van der Waals surface area contributed by atoms with Gasteiger partial charge in [0.2, 0.25) is 0 Å². The van der Waals surface area contributed by atoms with Crippen LogP contribution in [0.15, 0.2) is 54.6 Å². The summed E-state index contributed by atoms with van der Waals surface area (Å²) < 4.78 is 0. The molecule has 0 radical (unpaired) electrons. The Morgan fingerprint density at radius 1 is 0.493 bits per heavy atom. The third-order valence-corrected chi connectivity index (χ3v) is 17.5. The summed E-state index contributed by atoms with van der Waals surface area (Å²) in [5.74, 6) is 0. The highest BCUT2D eigenvalue weighted by Gasteiger charge is 2.33. The van der Waals surface area contributed by atoms with Gasteiger partial charge in [0.25, 0.3) is 0 Å². The number of benzene rings is 4. The first-order chi connectivity index (χ1) is 33.8. The standard InChI is InChI=1S/C36H53N.C32H50.C2H6/c1-8-12-17-29-22-31(32(26-37)34(24-29)35(6,11-4)18-10-3)25-30-21-28(16-9-2)23-33(27(30)5)36(7)19-14-13-15-20-36;1-10-14-16-25-18-27(22-29(21-25)31(6,7)12-3)20-28-19-26(17-15-11-2)23-30(24(28)5)32(8,9)13-4;1-2/h21-24H,8-20,25H2,1-7H3;18-19,21-23H,10-17,20H2,1-9H3;1-2H3. The van der Waals surface area contributed by atoms with Gasteiger partial charge in [0, 0.05) is 0 Å². The van der Waals surface area contributed by atoms with Crippen LogP contribution in [-0.4, -0.2) is 0 Å². The average Bonchev–Trinajstić information content (AvgIpc) is 3.36. The molecule has 0 aromatic heterocycles. The SMILES string of the molecule is CC.CCCCc1cc(Cc2cc(CCC)cc(C3(C)CCCCC3)c2C)c(C#N)c(C(C)(CC)CCC)c1.CCCCc1cc(Cc2cc(CCCC)cc(C(C)(C)CC)c2C)cc(C(C)(C)CC)c1. The zero-order valence-corrected chi connectivity index (χ0v) is 49.9. The van der Waals surface area contributed by atoms with Gasteiger partial charge in [0.1, 0.15) is 0 Å². The summed E-state index contributed by atoms with van der Waals surface area (Å²) in [6.07, 6.45) is 27.5. The Kier molecular flexibility index (Phi) is 25.5. The number of nitriles is 1. The molecule has 1 nitrogen and oxygen atoms in total. The fraction of sp³-hybridized carbons (Fsp3) is 0.643. The van der Waals surface area contributed by atoms with Gasteiger partial charge in [-0.3, -0.25) is 0 Å². The van der Waals surface area contributed by atoms with Crippen LogP contribution in [0.5, 0.6) is 0 Å². The molecular formula is C70H109N. The van der Waals surface area contributed by atoms with Gasteiger partial charge in [-0.2, -0.15) is 5.26 Å². The van der Waals surface area contributed by atoms with Crippen molar-refractivity contribution in [3.63, 3.8) is 0 Å². The highest BCUT2D eigenvalue weighted by molar-refractivity contribution is 5.54. The van der Waals surface area contributed by atoms with Crippen LogP contribution in [-0.2, 0) is 60.2 Å². The van der Waals surface area contributed by atoms with Gasteiger partial charge >= 0.3 is 0 Å². The first-order valence-electron chi connectivity index (χ1n) is 29.8. The van der Waals surface area contributed by atoms with Gasteiger partial charge in [-0.15, -0.1) is 0 Å². The van der Waals surface area contributed by atoms with Crippen LogP contribution in [0.1, 0.15) is 303 Å². The van der Waals surface area contributed by atoms with E-state index in [2.05, 4.69) is 171 Å². The van der Waals surface area contributed by atoms with Crippen LogP contribution in [0.4, 0.5) is 0 Å². The minimum atomic E-state index is 0.0522. The van der Waals surface area contributed by atoms with Crippen molar-refractivity contribution in [3.05, 3.63) is 138 Å². The number of unbranched alkanes of at least 4 members (excludes halogenated alkanes) is 3. The first kappa shape index (κ1) is 61.7. The van der Waals surface area contributed by atoms with Crippen molar-refractivity contribution in [1.82, 2.24) is 0 Å². The Morgan fingerprint density at radius 2 is 0.986 bits per heavy atom. The molecule has 0 spiro atoms. The average molecular weight is 965 g/mol. The molecule has 1 atom stereocenters. The smallest absolute Gasteiger partial charge is 0.0997 e. The summed E-state index contributed by atoms with van der Waals surface area (Å²) >= 11 is 0. The Hall–Kier alpha value is -3.63. The summed E-state index contributed by atoms with van der Waals surface area (Å²) in [5, 5.41) is 10.5. The second kappa shape index (κ2) is 29.3. The van der Waals surface area contributed by atoms with E-state index in [0.29, 0.717) is 0 Å². The zero-order chi connectivity index (χ0) is 53.0. The Balaban J connectivity index is 0.000000366. The largest absolute Gasteiger partial charge is 0.192 e. The van der Waals surface area contributed by atoms with E-state index in [-0.39, 0.29) is 21.7 Å². The minimum Gasteiger partial charge on any atom is -0.192 e. The maximum absolute atomic E-state index is 10.5. The van der Waals surface area contributed by atoms with Crippen molar-refractivity contribution in [3.8, 4) is 6.07 Å². The summed E-state index contributed by atoms with van der Waals surface area (Å²) in [4.78, 5) is 0. The molecule has 1 fully saturated rings. The van der Waals surface area contributed by atoms with Gasteiger partial charge < -0.3 is 0 Å². The van der Waals surface area contributed by atoms with Crippen molar-refractivity contribution in [2.24, 2.45) is 0 Å². The van der Waals surface area contributed by atoms with E-state index in [0.717, 1.165) is 50.5 Å². The monoisotopic (exact) mass is 964 g/mol. The third-order valence-electron chi connectivity index (χ3n) is 17.5. The molecule has 0 aliphatic heterocycles. The van der Waals surface area contributed by atoms with Crippen molar-refractivity contribution in [1.29, 1.82) is 5.26 Å². The van der Waals surface area contributed by atoms with Crippen molar-refractivity contribution in [2.45, 2.75) is 294 Å². The summed E-state index contributed by atoms with van der Waals surface area (Å²) in [5.41, 5.74) is 22.3. The van der Waals surface area contributed by atoms with E-state index >= 15 is 0 Å². The van der Waals surface area contributed by atoms with Crippen LogP contribution in [0.2, 0.25) is 0 Å². The second-order valence-electron chi connectivity index (χ2n) is 23.9. The normalized spacial score (nSPS) is 14.4. The number of aryl methyl sites for hydroxylation is 4. The molecule has 5 rings (SSSR count). The maximum Gasteiger partial charge on any atom is 0.0997 e. The van der Waals surface area contributed by atoms with E-state index in [1.807, 2.05) is 13.8 Å². The van der Waals surface area contributed by atoms with Crippen molar-refractivity contribution in [2.75, 3.05) is 0 Å². The molecule has 1 heteroatoms. The summed E-state index contributed by atoms with van der Waals surface area (Å²) in [6.45, 7) is 41.6. The fourth-order valence-corrected chi connectivity index (χ4v) is 11.6. The van der Waals surface area contributed by atoms with E-state index < -0.39 is 0 Å². The molecule has 4 aromatic carbocycles. The third kappa shape index (κ3) is 16.7. The highest BCUT2D eigenvalue weighted by Crippen LogP contribution is 2.43. The van der Waals surface area contributed by atoms with Gasteiger partial charge in [-0.25, -0.2) is 0 Å². The highest BCUT2D eigenvalue weighted by atomic mass is 14.4. The van der Waals surface area contributed by atoms with E-state index in [4.69, 9.17) is 0 Å². The molecule has 71 heavy (non-hydrogen) atoms. The molecule has 1 aliphatic rings. The van der Waals surface area contributed by atoms with Gasteiger partial charge in [0.05, 0.1) is 11.6 Å². The molecule has 1 saturated carbocycles. The molecule has 1 aliphatic carbocycles. The van der Waals surface area contributed by atoms with Gasteiger partial charge in [0.15, 0.2) is 0 Å². The molecule has 394 valence electrons. The molecule has 0 saturated heterocycles. The lowest BCUT2D eigenvalue weighted by molar-refractivity contribution is 0.318. The zero-order valence-electron chi connectivity index (χ0n) is 49.9. The molecule has 4 aromatic rings. The predicted octanol–water partition coefficient (Wildman–Crippen LogP) is 21.1. The molecule has 0 N–H and O–H groups in total. The lowest BCUT2D eigenvalue weighted by Crippen LogP contribution is -2.27. The lowest BCUT2D eigenvalue weighted by Gasteiger charge is -2.36. The molecule has 1 unspecified atom stereocenters. The number of rotatable bonds is 24. The van der Waals surface area contributed by atoms with Gasteiger partial charge in [-0.05, 0) is 210 Å². The number of hydrogen-bond donors (Lipinski definition) is 0. The number of nitrogens with zero attached hydrogens (tertiary/aromatic N) is 1. The Morgan fingerprint density at radius 3 is 1.48 bits per heavy atom. The predicted molar refractivity (Wildman–Crippen MR) is 316 cm³/mol. The van der Waals surface area contributed by atoms with Crippen molar-refractivity contribution >= 4 is 0 Å². The summed E-state index contributed by atoms with van der Waals surface area (Å²) in [7, 11) is 0. The van der Waals surface area contributed by atoms with E-state index in [1.165, 1.54) is 169 Å². The minimum absolute atomic E-state index is 0.0522. The molecular weight excluding hydrogens is 855 g/mol. The lowest BCUT2D eigenvalue weighted by atomic mass is 9.68. The van der Waals surface area contributed by atoms with E-state index in [1.54, 1.807) is 11.1 Å². The maximum atomic E-state index is 10.5. The summed E-state index contributed by atoms with van der Waals surface area (Å²) in [6, 6.07) is 25.0. The quantitative estimate of drug-likeness (QED) is 0.0686. The Labute approximate surface area is 441 Å². The van der Waals surface area contributed by atoms with Crippen LogP contribution in [0, 0.1) is 25.2 Å². The van der Waals surface area contributed by atoms with Crippen LogP contribution in [0.25, 0.3) is 0 Å². The second-order valence-corrected chi connectivity index (χ2v) is 23.9. The first-order valence-corrected chi connectivity index (χ1v) is 29.8. The van der Waals surface area contributed by atoms with E-state index in [9.17, 15) is 5.26 Å². The molecule has 0 amide bonds. The van der Waals surface area contributed by atoms with Crippen LogP contribution in [0.3, 0.4) is 0 Å².